The van der Waals surface area contributed by atoms with Crippen molar-refractivity contribution in [3.05, 3.63) is 0 Å². The van der Waals surface area contributed by atoms with Gasteiger partial charge in [-0.2, -0.15) is 0 Å². The molecule has 0 aromatic rings. The number of hydrogen-bond acceptors (Lipinski definition) is 2. The molecule has 0 spiro atoms. The Morgan fingerprint density at radius 2 is 1.93 bits per heavy atom. The molecule has 2 nitrogen and oxygen atoms in total. The van der Waals surface area contributed by atoms with Gasteiger partial charge in [-0.1, -0.05) is 26.7 Å². The Balaban J connectivity index is 1.82. The molecule has 2 rings (SSSR count). The summed E-state index contributed by atoms with van der Waals surface area (Å²) in [5.41, 5.74) is 5.83. The summed E-state index contributed by atoms with van der Waals surface area (Å²) in [6, 6.07) is 1.32. The normalized spacial score (nSPS) is 36.0. The fourth-order valence-electron chi connectivity index (χ4n) is 2.99. The van der Waals surface area contributed by atoms with Gasteiger partial charge in [-0.05, 0) is 24.7 Å². The second-order valence-corrected chi connectivity index (χ2v) is 5.54. The molecule has 0 aromatic carbocycles. The zero-order chi connectivity index (χ0) is 10.1. The van der Waals surface area contributed by atoms with Crippen molar-refractivity contribution in [2.45, 2.75) is 51.6 Å². The zero-order valence-corrected chi connectivity index (χ0v) is 9.58. The Bertz CT molecular complexity index is 185. The number of likely N-dealkylation sites (tertiary alicyclic amines) is 1. The monoisotopic (exact) mass is 196 g/mol. The van der Waals surface area contributed by atoms with Gasteiger partial charge in [0.15, 0.2) is 0 Å². The molecule has 14 heavy (non-hydrogen) atoms. The first-order valence-corrected chi connectivity index (χ1v) is 6.16. The van der Waals surface area contributed by atoms with Gasteiger partial charge in [-0.3, -0.25) is 4.90 Å². The van der Waals surface area contributed by atoms with E-state index in [-0.39, 0.29) is 0 Å². The van der Waals surface area contributed by atoms with Crippen LogP contribution in [0.2, 0.25) is 0 Å². The van der Waals surface area contributed by atoms with Crippen molar-refractivity contribution in [2.75, 3.05) is 13.1 Å². The van der Waals surface area contributed by atoms with E-state index in [9.17, 15) is 0 Å². The van der Waals surface area contributed by atoms with Crippen molar-refractivity contribution in [2.24, 2.45) is 17.6 Å². The molecule has 1 heterocycles. The van der Waals surface area contributed by atoms with Gasteiger partial charge in [0.1, 0.15) is 0 Å². The van der Waals surface area contributed by atoms with Gasteiger partial charge in [0, 0.05) is 25.2 Å². The molecule has 0 radical (unpaired) electrons. The van der Waals surface area contributed by atoms with Gasteiger partial charge < -0.3 is 5.73 Å². The average Bonchev–Trinajstić information content (AvgIpc) is 2.13. The molecule has 1 saturated carbocycles. The van der Waals surface area contributed by atoms with E-state index in [0.29, 0.717) is 6.04 Å². The minimum atomic E-state index is 0.467. The van der Waals surface area contributed by atoms with Crippen molar-refractivity contribution < 1.29 is 0 Å². The summed E-state index contributed by atoms with van der Waals surface area (Å²) in [5, 5.41) is 0. The SMILES string of the molecule is CC(C)C1CCCC(N2CC(N)C2)C1. The van der Waals surface area contributed by atoms with Crippen molar-refractivity contribution >= 4 is 0 Å². The fourth-order valence-corrected chi connectivity index (χ4v) is 2.99. The molecule has 0 bridgehead atoms. The molecular weight excluding hydrogens is 172 g/mol. The second kappa shape index (κ2) is 4.19. The molecule has 2 N–H and O–H groups in total. The van der Waals surface area contributed by atoms with Crippen LogP contribution in [0.4, 0.5) is 0 Å². The minimum absolute atomic E-state index is 0.467. The van der Waals surface area contributed by atoms with Gasteiger partial charge in [-0.15, -0.1) is 0 Å². The van der Waals surface area contributed by atoms with Gasteiger partial charge in [-0.25, -0.2) is 0 Å². The van der Waals surface area contributed by atoms with Crippen LogP contribution in [-0.2, 0) is 0 Å². The molecule has 2 heteroatoms. The Hall–Kier alpha value is -0.0800. The summed E-state index contributed by atoms with van der Waals surface area (Å²) in [5.74, 6) is 1.83. The topological polar surface area (TPSA) is 29.3 Å². The summed E-state index contributed by atoms with van der Waals surface area (Å²) < 4.78 is 0. The van der Waals surface area contributed by atoms with Crippen LogP contribution in [0.5, 0.6) is 0 Å². The fraction of sp³-hybridized carbons (Fsp3) is 1.00. The first-order valence-electron chi connectivity index (χ1n) is 6.16. The predicted octanol–water partition coefficient (Wildman–Crippen LogP) is 1.84. The maximum absolute atomic E-state index is 5.83. The van der Waals surface area contributed by atoms with Crippen LogP contribution in [-0.4, -0.2) is 30.1 Å². The molecule has 2 aliphatic rings. The third-order valence-electron chi connectivity index (χ3n) is 4.08. The van der Waals surface area contributed by atoms with Crippen LogP contribution in [0.1, 0.15) is 39.5 Å². The third kappa shape index (κ3) is 2.12. The van der Waals surface area contributed by atoms with Crippen molar-refractivity contribution in [3.8, 4) is 0 Å². The Morgan fingerprint density at radius 3 is 2.50 bits per heavy atom. The lowest BCUT2D eigenvalue weighted by atomic mass is 9.78. The standard InChI is InChI=1S/C12H24N2/c1-9(2)10-4-3-5-12(6-10)14-7-11(13)8-14/h9-12H,3-8,13H2,1-2H3. The molecular formula is C12H24N2. The highest BCUT2D eigenvalue weighted by Gasteiger charge is 2.33. The van der Waals surface area contributed by atoms with Crippen molar-refractivity contribution in [1.82, 2.24) is 4.90 Å². The number of nitrogens with zero attached hydrogens (tertiary/aromatic N) is 1. The first kappa shape index (κ1) is 10.4. The summed E-state index contributed by atoms with van der Waals surface area (Å²) >= 11 is 0. The largest absolute Gasteiger partial charge is 0.325 e. The van der Waals surface area contributed by atoms with Gasteiger partial charge in [0.05, 0.1) is 0 Å². The van der Waals surface area contributed by atoms with Crippen LogP contribution in [0.15, 0.2) is 0 Å². The van der Waals surface area contributed by atoms with E-state index >= 15 is 0 Å². The van der Waals surface area contributed by atoms with Gasteiger partial charge >= 0.3 is 0 Å². The second-order valence-electron chi connectivity index (χ2n) is 5.54. The van der Waals surface area contributed by atoms with E-state index < -0.39 is 0 Å². The maximum Gasteiger partial charge on any atom is 0.0297 e. The Morgan fingerprint density at radius 1 is 1.21 bits per heavy atom. The lowest BCUT2D eigenvalue weighted by Gasteiger charge is -2.46. The van der Waals surface area contributed by atoms with E-state index in [1.165, 1.54) is 25.7 Å². The lowest BCUT2D eigenvalue weighted by molar-refractivity contribution is 0.0489. The van der Waals surface area contributed by atoms with Crippen LogP contribution < -0.4 is 5.73 Å². The number of rotatable bonds is 2. The van der Waals surface area contributed by atoms with Crippen LogP contribution in [0.3, 0.4) is 0 Å². The molecule has 1 saturated heterocycles. The molecule has 1 aliphatic heterocycles. The van der Waals surface area contributed by atoms with Gasteiger partial charge in [0.25, 0.3) is 0 Å². The maximum atomic E-state index is 5.83. The highest BCUT2D eigenvalue weighted by atomic mass is 15.2. The van der Waals surface area contributed by atoms with E-state index in [1.54, 1.807) is 0 Å². The molecule has 82 valence electrons. The van der Waals surface area contributed by atoms with E-state index in [4.69, 9.17) is 5.73 Å². The van der Waals surface area contributed by atoms with Crippen LogP contribution in [0, 0.1) is 11.8 Å². The van der Waals surface area contributed by atoms with Crippen LogP contribution in [0.25, 0.3) is 0 Å². The highest BCUT2D eigenvalue weighted by Crippen LogP contribution is 2.33. The van der Waals surface area contributed by atoms with Gasteiger partial charge in [0.2, 0.25) is 0 Å². The van der Waals surface area contributed by atoms with E-state index in [0.717, 1.165) is 31.0 Å². The number of hydrogen-bond donors (Lipinski definition) is 1. The predicted molar refractivity (Wildman–Crippen MR) is 60.1 cm³/mol. The van der Waals surface area contributed by atoms with E-state index in [1.807, 2.05) is 0 Å². The smallest absolute Gasteiger partial charge is 0.0297 e. The molecule has 2 atom stereocenters. The van der Waals surface area contributed by atoms with E-state index in [2.05, 4.69) is 18.7 Å². The number of nitrogens with two attached hydrogens (primary N) is 1. The summed E-state index contributed by atoms with van der Waals surface area (Å²) in [7, 11) is 0. The van der Waals surface area contributed by atoms with Crippen molar-refractivity contribution in [3.63, 3.8) is 0 Å². The lowest BCUT2D eigenvalue weighted by Crippen LogP contribution is -2.60. The minimum Gasteiger partial charge on any atom is -0.325 e. The first-order chi connectivity index (χ1) is 6.66. The van der Waals surface area contributed by atoms with Crippen LogP contribution >= 0.6 is 0 Å². The highest BCUT2D eigenvalue weighted by molar-refractivity contribution is 4.90. The Kier molecular flexibility index (Phi) is 3.13. The molecule has 2 unspecified atom stereocenters. The Labute approximate surface area is 87.8 Å². The summed E-state index contributed by atoms with van der Waals surface area (Å²) in [6.45, 7) is 7.04. The average molecular weight is 196 g/mol. The van der Waals surface area contributed by atoms with Crippen molar-refractivity contribution in [1.29, 1.82) is 0 Å². The third-order valence-corrected chi connectivity index (χ3v) is 4.08. The summed E-state index contributed by atoms with van der Waals surface area (Å²) in [4.78, 5) is 2.60. The molecule has 0 aromatic heterocycles. The zero-order valence-electron chi connectivity index (χ0n) is 9.58. The molecule has 0 amide bonds. The molecule has 1 aliphatic carbocycles. The molecule has 2 fully saturated rings. The summed E-state index contributed by atoms with van der Waals surface area (Å²) in [6.07, 6.45) is 5.72. The quantitative estimate of drug-likeness (QED) is 0.730.